The molecule has 0 unspecified atom stereocenters. The van der Waals surface area contributed by atoms with Gasteiger partial charge in [-0.3, -0.25) is 4.40 Å². The predicted octanol–water partition coefficient (Wildman–Crippen LogP) is 0.222. The van der Waals surface area contributed by atoms with E-state index in [1.807, 2.05) is 12.3 Å². The maximum atomic E-state index is 8.74. The van der Waals surface area contributed by atoms with Crippen LogP contribution in [0.15, 0.2) is 24.7 Å². The topological polar surface area (TPSA) is 50.4 Å². The van der Waals surface area contributed by atoms with Crippen LogP contribution in [0.5, 0.6) is 0 Å². The summed E-state index contributed by atoms with van der Waals surface area (Å²) >= 11 is 0. The highest BCUT2D eigenvalue weighted by molar-refractivity contribution is 5.29. The quantitative estimate of drug-likeness (QED) is 0.631. The van der Waals surface area contributed by atoms with Gasteiger partial charge >= 0.3 is 0 Å². The van der Waals surface area contributed by atoms with Crippen molar-refractivity contribution in [2.75, 3.05) is 0 Å². The van der Waals surface area contributed by atoms with E-state index in [9.17, 15) is 0 Å². The molecule has 4 nitrogen and oxygen atoms in total. The lowest BCUT2D eigenvalue weighted by molar-refractivity contribution is 0.277. The second kappa shape index (κ2) is 2.32. The fraction of sp³-hybridized carbons (Fsp3) is 0.143. The molecule has 0 aliphatic rings. The molecule has 11 heavy (non-hydrogen) atoms. The summed E-state index contributed by atoms with van der Waals surface area (Å²) in [5, 5.41) is 8.74. The van der Waals surface area contributed by atoms with E-state index in [1.165, 1.54) is 0 Å². The molecule has 0 radical (unpaired) electrons. The van der Waals surface area contributed by atoms with Crippen molar-refractivity contribution in [2.45, 2.75) is 6.61 Å². The third-order valence-corrected chi connectivity index (χ3v) is 1.45. The maximum Gasteiger partial charge on any atom is 0.233 e. The van der Waals surface area contributed by atoms with Crippen molar-refractivity contribution in [3.63, 3.8) is 0 Å². The van der Waals surface area contributed by atoms with Crippen LogP contribution in [0, 0.1) is 0 Å². The Balaban J connectivity index is 2.69. The van der Waals surface area contributed by atoms with Crippen molar-refractivity contribution in [3.05, 3.63) is 30.4 Å². The summed E-state index contributed by atoms with van der Waals surface area (Å²) in [7, 11) is 0. The zero-order valence-electron chi connectivity index (χ0n) is 5.81. The molecule has 0 bridgehead atoms. The molecule has 0 aliphatic carbocycles. The van der Waals surface area contributed by atoms with E-state index in [1.54, 1.807) is 16.8 Å². The van der Waals surface area contributed by atoms with Crippen molar-refractivity contribution < 1.29 is 5.11 Å². The Morgan fingerprint density at radius 2 is 2.45 bits per heavy atom. The van der Waals surface area contributed by atoms with Crippen molar-refractivity contribution >= 4 is 5.78 Å². The Bertz CT molecular complexity index is 335. The second-order valence-corrected chi connectivity index (χ2v) is 2.22. The molecule has 0 saturated heterocycles. The van der Waals surface area contributed by atoms with Gasteiger partial charge in [0, 0.05) is 18.6 Å². The highest BCUT2D eigenvalue weighted by atomic mass is 16.3. The molecule has 2 aromatic rings. The standard InChI is InChI=1S/C7H7N3O/c11-5-6-4-10-3-1-2-8-7(10)9-6/h1-4,11H,5H2. The molecule has 1 N–H and O–H groups in total. The largest absolute Gasteiger partial charge is 0.390 e. The number of aliphatic hydroxyl groups is 1. The molecule has 0 saturated carbocycles. The van der Waals surface area contributed by atoms with Crippen LogP contribution in [0.3, 0.4) is 0 Å². The summed E-state index contributed by atoms with van der Waals surface area (Å²) in [6.07, 6.45) is 5.26. The molecule has 0 fully saturated rings. The summed E-state index contributed by atoms with van der Waals surface area (Å²) in [5.74, 6) is 0.622. The summed E-state index contributed by atoms with van der Waals surface area (Å²) in [6.45, 7) is -0.0383. The van der Waals surface area contributed by atoms with E-state index in [4.69, 9.17) is 5.11 Å². The van der Waals surface area contributed by atoms with E-state index >= 15 is 0 Å². The van der Waals surface area contributed by atoms with Gasteiger partial charge < -0.3 is 5.11 Å². The number of nitrogens with zero attached hydrogens (tertiary/aromatic N) is 3. The molecule has 0 atom stereocenters. The highest BCUT2D eigenvalue weighted by Gasteiger charge is 1.97. The summed E-state index contributed by atoms with van der Waals surface area (Å²) in [6, 6.07) is 1.82. The van der Waals surface area contributed by atoms with E-state index in [-0.39, 0.29) is 6.61 Å². The van der Waals surface area contributed by atoms with Gasteiger partial charge in [-0.15, -0.1) is 0 Å². The number of imidazole rings is 1. The van der Waals surface area contributed by atoms with Gasteiger partial charge in [-0.1, -0.05) is 0 Å². The van der Waals surface area contributed by atoms with Crippen molar-refractivity contribution in [2.24, 2.45) is 0 Å². The lowest BCUT2D eigenvalue weighted by atomic mass is 10.5. The second-order valence-electron chi connectivity index (χ2n) is 2.22. The number of hydrogen-bond donors (Lipinski definition) is 1. The molecule has 0 aromatic carbocycles. The van der Waals surface area contributed by atoms with Crippen LogP contribution in [-0.4, -0.2) is 19.5 Å². The highest BCUT2D eigenvalue weighted by Crippen LogP contribution is 2.00. The van der Waals surface area contributed by atoms with Gasteiger partial charge in [-0.2, -0.15) is 0 Å². The predicted molar refractivity (Wildman–Crippen MR) is 38.9 cm³/mol. The maximum absolute atomic E-state index is 8.74. The Morgan fingerprint density at radius 3 is 3.18 bits per heavy atom. The Labute approximate surface area is 63.1 Å². The van der Waals surface area contributed by atoms with Gasteiger partial charge in [0.05, 0.1) is 12.3 Å². The molecule has 2 heterocycles. The van der Waals surface area contributed by atoms with Crippen LogP contribution in [0.2, 0.25) is 0 Å². The smallest absolute Gasteiger partial charge is 0.233 e. The fourth-order valence-corrected chi connectivity index (χ4v) is 0.956. The first-order chi connectivity index (χ1) is 5.40. The third-order valence-electron chi connectivity index (χ3n) is 1.45. The lowest BCUT2D eigenvalue weighted by Crippen LogP contribution is -1.83. The molecular formula is C7H7N3O. The minimum absolute atomic E-state index is 0.0383. The van der Waals surface area contributed by atoms with Gasteiger partial charge in [0.15, 0.2) is 0 Å². The summed E-state index contributed by atoms with van der Waals surface area (Å²) in [4.78, 5) is 8.02. The number of aliphatic hydroxyl groups excluding tert-OH is 1. The molecule has 2 rings (SSSR count). The van der Waals surface area contributed by atoms with E-state index < -0.39 is 0 Å². The van der Waals surface area contributed by atoms with Crippen molar-refractivity contribution in [1.82, 2.24) is 14.4 Å². The molecule has 56 valence electrons. The van der Waals surface area contributed by atoms with E-state index in [0.717, 1.165) is 0 Å². The number of fused-ring (bicyclic) bond motifs is 1. The zero-order valence-corrected chi connectivity index (χ0v) is 5.81. The van der Waals surface area contributed by atoms with Crippen LogP contribution in [0.25, 0.3) is 5.78 Å². The first-order valence-electron chi connectivity index (χ1n) is 3.29. The Morgan fingerprint density at radius 1 is 1.55 bits per heavy atom. The van der Waals surface area contributed by atoms with E-state index in [0.29, 0.717) is 11.5 Å². The molecular weight excluding hydrogens is 142 g/mol. The first-order valence-corrected chi connectivity index (χ1v) is 3.29. The van der Waals surface area contributed by atoms with Crippen LogP contribution >= 0.6 is 0 Å². The molecule has 4 heteroatoms. The van der Waals surface area contributed by atoms with Crippen LogP contribution in [-0.2, 0) is 6.61 Å². The number of rotatable bonds is 1. The number of hydrogen-bond acceptors (Lipinski definition) is 3. The Kier molecular flexibility index (Phi) is 1.33. The van der Waals surface area contributed by atoms with Crippen LogP contribution in [0.1, 0.15) is 5.69 Å². The SMILES string of the molecule is OCc1cn2cccnc2n1. The molecule has 0 spiro atoms. The zero-order chi connectivity index (χ0) is 7.68. The fourth-order valence-electron chi connectivity index (χ4n) is 0.956. The minimum Gasteiger partial charge on any atom is -0.390 e. The monoisotopic (exact) mass is 149 g/mol. The summed E-state index contributed by atoms with van der Waals surface area (Å²) in [5.41, 5.74) is 0.642. The summed E-state index contributed by atoms with van der Waals surface area (Å²) < 4.78 is 1.77. The van der Waals surface area contributed by atoms with Gasteiger partial charge in [-0.25, -0.2) is 9.97 Å². The van der Waals surface area contributed by atoms with Gasteiger partial charge in [0.2, 0.25) is 5.78 Å². The average Bonchev–Trinajstić information content (AvgIpc) is 2.46. The first kappa shape index (κ1) is 6.30. The van der Waals surface area contributed by atoms with Crippen molar-refractivity contribution in [1.29, 1.82) is 0 Å². The van der Waals surface area contributed by atoms with Gasteiger partial charge in [0.1, 0.15) is 0 Å². The van der Waals surface area contributed by atoms with E-state index in [2.05, 4.69) is 9.97 Å². The third kappa shape index (κ3) is 0.969. The molecule has 0 aliphatic heterocycles. The molecule has 0 amide bonds. The molecule has 2 aromatic heterocycles. The van der Waals surface area contributed by atoms with Crippen LogP contribution < -0.4 is 0 Å². The van der Waals surface area contributed by atoms with Crippen molar-refractivity contribution in [3.8, 4) is 0 Å². The lowest BCUT2D eigenvalue weighted by Gasteiger charge is -1.85. The Hall–Kier alpha value is -1.42. The van der Waals surface area contributed by atoms with Gasteiger partial charge in [-0.05, 0) is 6.07 Å². The number of aromatic nitrogens is 3. The minimum atomic E-state index is -0.0383. The van der Waals surface area contributed by atoms with Crippen LogP contribution in [0.4, 0.5) is 0 Å². The normalized spacial score (nSPS) is 10.6. The average molecular weight is 149 g/mol. The van der Waals surface area contributed by atoms with Gasteiger partial charge in [0.25, 0.3) is 0 Å².